The predicted molar refractivity (Wildman–Crippen MR) is 81.1 cm³/mol. The van der Waals surface area contributed by atoms with Crippen LogP contribution in [-0.2, 0) is 16.5 Å². The first-order valence-corrected chi connectivity index (χ1v) is 8.22. The molecule has 0 amide bonds. The third kappa shape index (κ3) is 3.23. The second-order valence-electron chi connectivity index (χ2n) is 5.08. The Morgan fingerprint density at radius 2 is 1.71 bits per heavy atom. The van der Waals surface area contributed by atoms with Crippen molar-refractivity contribution >= 4 is 21.1 Å². The minimum atomic E-state index is -5.77. The van der Waals surface area contributed by atoms with Crippen LogP contribution < -0.4 is 4.18 Å². The van der Waals surface area contributed by atoms with E-state index in [0.717, 1.165) is 5.56 Å². The van der Waals surface area contributed by atoms with Crippen LogP contribution >= 0.6 is 0 Å². The van der Waals surface area contributed by atoms with Gasteiger partial charge in [-0.05, 0) is 35.7 Å². The third-order valence-electron chi connectivity index (χ3n) is 3.31. The van der Waals surface area contributed by atoms with E-state index < -0.39 is 21.4 Å². The van der Waals surface area contributed by atoms with E-state index in [2.05, 4.69) is 4.18 Å². The van der Waals surface area contributed by atoms with Gasteiger partial charge in [0.05, 0.1) is 6.26 Å². The molecule has 0 atom stereocenters. The summed E-state index contributed by atoms with van der Waals surface area (Å²) in [5.74, 6) is -0.485. The number of halogens is 3. The lowest BCUT2D eigenvalue weighted by atomic mass is 10.0. The van der Waals surface area contributed by atoms with Crippen molar-refractivity contribution in [2.45, 2.75) is 11.9 Å². The maximum atomic E-state index is 12.5. The molecule has 0 spiro atoms. The lowest BCUT2D eigenvalue weighted by Crippen LogP contribution is -2.28. The van der Waals surface area contributed by atoms with E-state index in [0.29, 0.717) is 17.4 Å². The zero-order valence-electron chi connectivity index (χ0n) is 12.1. The highest BCUT2D eigenvalue weighted by molar-refractivity contribution is 7.88. The standard InChI is InChI=1S/C16H11F3O4S/c17-16(18,19)24(20,21)23-14-10-12(8-11-4-2-1-3-5-11)9-13-6-7-22-15(13)14/h1-7,9-10H,8H2. The van der Waals surface area contributed by atoms with Gasteiger partial charge in [-0.3, -0.25) is 0 Å². The van der Waals surface area contributed by atoms with Gasteiger partial charge >= 0.3 is 15.6 Å². The van der Waals surface area contributed by atoms with Crippen LogP contribution in [0.5, 0.6) is 5.75 Å². The molecule has 0 saturated heterocycles. The molecule has 1 aromatic heterocycles. The van der Waals surface area contributed by atoms with E-state index in [4.69, 9.17) is 4.42 Å². The van der Waals surface area contributed by atoms with Gasteiger partial charge < -0.3 is 8.60 Å². The Bertz CT molecular complexity index is 960. The van der Waals surface area contributed by atoms with Crippen molar-refractivity contribution in [3.8, 4) is 5.75 Å². The summed E-state index contributed by atoms with van der Waals surface area (Å²) in [5, 5.41) is 0.454. The van der Waals surface area contributed by atoms with Gasteiger partial charge in [-0.25, -0.2) is 0 Å². The first kappa shape index (κ1) is 16.4. The normalized spacial score (nSPS) is 12.5. The molecule has 2 aromatic carbocycles. The van der Waals surface area contributed by atoms with E-state index >= 15 is 0 Å². The molecule has 3 aromatic rings. The molecule has 0 aliphatic carbocycles. The minimum absolute atomic E-state index is 0.0559. The van der Waals surface area contributed by atoms with E-state index in [-0.39, 0.29) is 5.58 Å². The zero-order valence-corrected chi connectivity index (χ0v) is 12.9. The van der Waals surface area contributed by atoms with E-state index in [9.17, 15) is 21.6 Å². The highest BCUT2D eigenvalue weighted by Crippen LogP contribution is 2.34. The fraction of sp³-hybridized carbons (Fsp3) is 0.125. The summed E-state index contributed by atoms with van der Waals surface area (Å²) in [6.45, 7) is 0. The number of furan rings is 1. The number of fused-ring (bicyclic) bond motifs is 1. The summed E-state index contributed by atoms with van der Waals surface area (Å²) in [5.41, 5.74) is -4.05. The van der Waals surface area contributed by atoms with Crippen LogP contribution in [-0.4, -0.2) is 13.9 Å². The van der Waals surface area contributed by atoms with Gasteiger partial charge in [-0.2, -0.15) is 21.6 Å². The fourth-order valence-electron chi connectivity index (χ4n) is 2.27. The second-order valence-corrected chi connectivity index (χ2v) is 6.62. The van der Waals surface area contributed by atoms with E-state index in [1.165, 1.54) is 18.4 Å². The van der Waals surface area contributed by atoms with Gasteiger partial charge in [-0.1, -0.05) is 30.3 Å². The molecule has 0 fully saturated rings. The molecule has 24 heavy (non-hydrogen) atoms. The van der Waals surface area contributed by atoms with Crippen molar-refractivity contribution in [3.63, 3.8) is 0 Å². The van der Waals surface area contributed by atoms with Gasteiger partial charge in [0.15, 0.2) is 11.3 Å². The topological polar surface area (TPSA) is 56.5 Å². The van der Waals surface area contributed by atoms with Gasteiger partial charge in [0, 0.05) is 5.39 Å². The molecule has 0 radical (unpaired) electrons. The van der Waals surface area contributed by atoms with Gasteiger partial charge in [-0.15, -0.1) is 0 Å². The molecular formula is C16H11F3O4S. The fourth-order valence-corrected chi connectivity index (χ4v) is 2.72. The first-order valence-electron chi connectivity index (χ1n) is 6.81. The zero-order chi connectivity index (χ0) is 17.4. The summed E-state index contributed by atoms with van der Waals surface area (Å²) in [6.07, 6.45) is 1.66. The quantitative estimate of drug-likeness (QED) is 0.518. The number of hydrogen-bond acceptors (Lipinski definition) is 4. The molecule has 0 unspecified atom stereocenters. The van der Waals surface area contributed by atoms with Crippen LogP contribution in [0.2, 0.25) is 0 Å². The molecule has 0 aliphatic heterocycles. The Kier molecular flexibility index (Phi) is 4.00. The largest absolute Gasteiger partial charge is 0.534 e. The number of rotatable bonds is 4. The maximum Gasteiger partial charge on any atom is 0.534 e. The Morgan fingerprint density at radius 3 is 2.38 bits per heavy atom. The van der Waals surface area contributed by atoms with Crippen LogP contribution in [0.25, 0.3) is 11.0 Å². The van der Waals surface area contributed by atoms with Crippen LogP contribution in [0.15, 0.2) is 59.2 Å². The molecule has 0 aliphatic rings. The van der Waals surface area contributed by atoms with Crippen LogP contribution in [0.4, 0.5) is 13.2 Å². The highest BCUT2D eigenvalue weighted by Gasteiger charge is 2.49. The molecule has 8 heteroatoms. The van der Waals surface area contributed by atoms with Gasteiger partial charge in [0.1, 0.15) is 0 Å². The van der Waals surface area contributed by atoms with Crippen molar-refractivity contribution < 1.29 is 30.2 Å². The molecule has 126 valence electrons. The first-order chi connectivity index (χ1) is 11.3. The SMILES string of the molecule is O=S(=O)(Oc1cc(Cc2ccccc2)cc2ccoc12)C(F)(F)F. The van der Waals surface area contributed by atoms with E-state index in [1.807, 2.05) is 30.3 Å². The summed E-state index contributed by atoms with van der Waals surface area (Å²) in [7, 11) is -5.77. The van der Waals surface area contributed by atoms with Crippen molar-refractivity contribution in [1.82, 2.24) is 0 Å². The molecule has 4 nitrogen and oxygen atoms in total. The highest BCUT2D eigenvalue weighted by atomic mass is 32.2. The number of alkyl halides is 3. The van der Waals surface area contributed by atoms with Crippen molar-refractivity contribution in [1.29, 1.82) is 0 Å². The molecular weight excluding hydrogens is 345 g/mol. The van der Waals surface area contributed by atoms with Gasteiger partial charge in [0.2, 0.25) is 0 Å². The molecule has 3 rings (SSSR count). The van der Waals surface area contributed by atoms with Crippen LogP contribution in [0.3, 0.4) is 0 Å². The van der Waals surface area contributed by atoms with Crippen molar-refractivity contribution in [2.24, 2.45) is 0 Å². The Labute approximate surface area is 135 Å². The molecule has 0 saturated carbocycles. The summed E-state index contributed by atoms with van der Waals surface area (Å²) < 4.78 is 69.5. The predicted octanol–water partition coefficient (Wildman–Crippen LogP) is 4.25. The van der Waals surface area contributed by atoms with Gasteiger partial charge in [0.25, 0.3) is 0 Å². The monoisotopic (exact) mass is 356 g/mol. The Balaban J connectivity index is 2.02. The second kappa shape index (κ2) is 5.86. The van der Waals surface area contributed by atoms with Crippen LogP contribution in [0.1, 0.15) is 11.1 Å². The molecule has 1 heterocycles. The van der Waals surface area contributed by atoms with E-state index in [1.54, 1.807) is 6.07 Å². The smallest absolute Gasteiger partial charge is 0.460 e. The lowest BCUT2D eigenvalue weighted by molar-refractivity contribution is -0.0499. The Morgan fingerprint density at radius 1 is 1.00 bits per heavy atom. The minimum Gasteiger partial charge on any atom is -0.460 e. The van der Waals surface area contributed by atoms with Crippen molar-refractivity contribution in [2.75, 3.05) is 0 Å². The number of hydrogen-bond donors (Lipinski definition) is 0. The lowest BCUT2D eigenvalue weighted by Gasteiger charge is -2.11. The average molecular weight is 356 g/mol. The Hall–Kier alpha value is -2.48. The molecule has 0 bridgehead atoms. The summed E-state index contributed by atoms with van der Waals surface area (Å²) in [4.78, 5) is 0. The van der Waals surface area contributed by atoms with Crippen LogP contribution in [0, 0.1) is 0 Å². The third-order valence-corrected chi connectivity index (χ3v) is 4.28. The maximum absolute atomic E-state index is 12.5. The average Bonchev–Trinajstić information content (AvgIpc) is 2.95. The molecule has 0 N–H and O–H groups in total. The summed E-state index contributed by atoms with van der Waals surface area (Å²) in [6, 6.07) is 13.7. The summed E-state index contributed by atoms with van der Waals surface area (Å²) >= 11 is 0. The van der Waals surface area contributed by atoms with Crippen molar-refractivity contribution in [3.05, 3.63) is 65.9 Å². The number of benzene rings is 2.